The molecule has 0 aromatic heterocycles. The largest absolute Gasteiger partial charge is 0.351 e. The van der Waals surface area contributed by atoms with Crippen LogP contribution in [0.4, 0.5) is 4.79 Å². The Morgan fingerprint density at radius 2 is 1.59 bits per heavy atom. The molecule has 3 aromatic carbocycles. The Kier molecular flexibility index (Phi) is 8.22. The van der Waals surface area contributed by atoms with Crippen molar-refractivity contribution in [1.29, 1.82) is 0 Å². The van der Waals surface area contributed by atoms with Crippen molar-refractivity contribution in [2.45, 2.75) is 52.1 Å². The van der Waals surface area contributed by atoms with E-state index in [-0.39, 0.29) is 24.0 Å². The third-order valence-electron chi connectivity index (χ3n) is 8.81. The van der Waals surface area contributed by atoms with Crippen LogP contribution in [-0.4, -0.2) is 65.4 Å². The van der Waals surface area contributed by atoms with E-state index in [2.05, 4.69) is 97.3 Å². The highest BCUT2D eigenvalue weighted by Crippen LogP contribution is 2.36. The van der Waals surface area contributed by atoms with Gasteiger partial charge in [0.15, 0.2) is 0 Å². The fourth-order valence-corrected chi connectivity index (χ4v) is 6.49. The standard InChI is InChI=1S/C33H42N4O2/c1-23(2)30-22-36(19-20-37(30)31(38)21-25-15-17-35(18-16-25)33(34)39)32(27-13-11-24(3)12-14-27)29-10-6-8-26-7-4-5-9-28(26)29/h4-14,23,25,30,32H,15-22H2,1-3H3,(H2,34,39). The molecule has 206 valence electrons. The summed E-state index contributed by atoms with van der Waals surface area (Å²) in [6.45, 7) is 10.3. The molecule has 6 heteroatoms. The zero-order valence-corrected chi connectivity index (χ0v) is 23.6. The Morgan fingerprint density at radius 1 is 0.897 bits per heavy atom. The Balaban J connectivity index is 1.39. The topological polar surface area (TPSA) is 69.9 Å². The Morgan fingerprint density at radius 3 is 2.28 bits per heavy atom. The summed E-state index contributed by atoms with van der Waals surface area (Å²) in [4.78, 5) is 31.6. The first kappa shape index (κ1) is 27.2. The van der Waals surface area contributed by atoms with Crippen LogP contribution < -0.4 is 5.73 Å². The molecule has 2 aliphatic rings. The predicted molar refractivity (Wildman–Crippen MR) is 157 cm³/mol. The summed E-state index contributed by atoms with van der Waals surface area (Å²) in [7, 11) is 0. The molecule has 2 unspecified atom stereocenters. The number of amides is 3. The minimum Gasteiger partial charge on any atom is -0.351 e. The second kappa shape index (κ2) is 11.8. The number of fused-ring (bicyclic) bond motifs is 1. The average Bonchev–Trinajstić information content (AvgIpc) is 2.94. The van der Waals surface area contributed by atoms with E-state index in [4.69, 9.17) is 5.73 Å². The van der Waals surface area contributed by atoms with Crippen LogP contribution in [0.3, 0.4) is 0 Å². The van der Waals surface area contributed by atoms with Crippen molar-refractivity contribution in [1.82, 2.24) is 14.7 Å². The molecule has 0 bridgehead atoms. The quantitative estimate of drug-likeness (QED) is 0.455. The van der Waals surface area contributed by atoms with Crippen LogP contribution >= 0.6 is 0 Å². The number of likely N-dealkylation sites (tertiary alicyclic amines) is 1. The zero-order chi connectivity index (χ0) is 27.5. The van der Waals surface area contributed by atoms with E-state index >= 15 is 0 Å². The number of nitrogens with two attached hydrogens (primary N) is 1. The predicted octanol–water partition coefficient (Wildman–Crippen LogP) is 5.59. The first-order valence-electron chi connectivity index (χ1n) is 14.4. The van der Waals surface area contributed by atoms with Crippen molar-refractivity contribution in [3.8, 4) is 0 Å². The third kappa shape index (κ3) is 5.96. The average molecular weight is 527 g/mol. The molecule has 3 aromatic rings. The number of piperidine rings is 1. The monoisotopic (exact) mass is 526 g/mol. The Bertz CT molecular complexity index is 1290. The molecule has 2 aliphatic heterocycles. The van der Waals surface area contributed by atoms with Crippen LogP contribution in [0.5, 0.6) is 0 Å². The first-order valence-corrected chi connectivity index (χ1v) is 14.4. The number of carbonyl (C=O) groups is 2. The molecule has 0 saturated carbocycles. The van der Waals surface area contributed by atoms with Crippen LogP contribution in [0.25, 0.3) is 10.8 Å². The van der Waals surface area contributed by atoms with Gasteiger partial charge in [-0.2, -0.15) is 0 Å². The third-order valence-corrected chi connectivity index (χ3v) is 8.81. The van der Waals surface area contributed by atoms with Gasteiger partial charge in [-0.15, -0.1) is 0 Å². The summed E-state index contributed by atoms with van der Waals surface area (Å²) >= 11 is 0. The van der Waals surface area contributed by atoms with E-state index in [0.717, 1.165) is 32.5 Å². The van der Waals surface area contributed by atoms with Crippen LogP contribution in [-0.2, 0) is 4.79 Å². The number of hydrogen-bond donors (Lipinski definition) is 1. The lowest BCUT2D eigenvalue weighted by molar-refractivity contribution is -0.139. The molecular weight excluding hydrogens is 484 g/mol. The Hall–Kier alpha value is -3.38. The number of benzene rings is 3. The van der Waals surface area contributed by atoms with E-state index in [9.17, 15) is 9.59 Å². The van der Waals surface area contributed by atoms with Gasteiger partial charge in [-0.25, -0.2) is 4.79 Å². The van der Waals surface area contributed by atoms with Gasteiger partial charge in [0.05, 0.1) is 6.04 Å². The van der Waals surface area contributed by atoms with Crippen molar-refractivity contribution in [3.63, 3.8) is 0 Å². The smallest absolute Gasteiger partial charge is 0.314 e. The molecule has 5 rings (SSSR count). The maximum atomic E-state index is 13.6. The molecule has 2 fully saturated rings. The lowest BCUT2D eigenvalue weighted by atomic mass is 9.89. The lowest BCUT2D eigenvalue weighted by Crippen LogP contribution is -2.58. The Labute approximate surface area is 232 Å². The molecule has 3 amide bonds. The normalized spacial score (nSPS) is 19.9. The van der Waals surface area contributed by atoms with Gasteiger partial charge < -0.3 is 15.5 Å². The fourth-order valence-electron chi connectivity index (χ4n) is 6.49. The number of aryl methyl sites for hydroxylation is 1. The van der Waals surface area contributed by atoms with E-state index in [1.54, 1.807) is 4.90 Å². The molecule has 6 nitrogen and oxygen atoms in total. The fraction of sp³-hybridized carbons (Fsp3) is 0.455. The number of rotatable bonds is 6. The summed E-state index contributed by atoms with van der Waals surface area (Å²) in [6, 6.07) is 24.1. The van der Waals surface area contributed by atoms with Gasteiger partial charge in [0.2, 0.25) is 5.91 Å². The summed E-state index contributed by atoms with van der Waals surface area (Å²) in [5.74, 6) is 0.914. The number of piperazine rings is 1. The molecule has 2 saturated heterocycles. The highest BCUT2D eigenvalue weighted by molar-refractivity contribution is 5.86. The van der Waals surface area contributed by atoms with Gasteiger partial charge in [0.1, 0.15) is 0 Å². The van der Waals surface area contributed by atoms with Crippen LogP contribution in [0.15, 0.2) is 66.7 Å². The van der Waals surface area contributed by atoms with Crippen LogP contribution in [0, 0.1) is 18.8 Å². The number of primary amides is 1. The molecule has 39 heavy (non-hydrogen) atoms. The van der Waals surface area contributed by atoms with E-state index in [0.29, 0.717) is 31.3 Å². The van der Waals surface area contributed by atoms with Gasteiger partial charge in [-0.05, 0) is 53.5 Å². The van der Waals surface area contributed by atoms with Gasteiger partial charge in [0.25, 0.3) is 0 Å². The minimum atomic E-state index is -0.356. The minimum absolute atomic E-state index is 0.119. The van der Waals surface area contributed by atoms with Gasteiger partial charge >= 0.3 is 6.03 Å². The number of nitrogens with zero attached hydrogens (tertiary/aromatic N) is 3. The molecule has 0 radical (unpaired) electrons. The summed E-state index contributed by atoms with van der Waals surface area (Å²) in [6.07, 6.45) is 2.25. The maximum Gasteiger partial charge on any atom is 0.314 e. The van der Waals surface area contributed by atoms with Crippen molar-refractivity contribution in [2.24, 2.45) is 17.6 Å². The van der Waals surface area contributed by atoms with E-state index in [1.807, 2.05) is 0 Å². The van der Waals surface area contributed by atoms with E-state index in [1.165, 1.54) is 27.5 Å². The summed E-state index contributed by atoms with van der Waals surface area (Å²) in [5.41, 5.74) is 9.32. The van der Waals surface area contributed by atoms with Gasteiger partial charge in [-0.3, -0.25) is 9.69 Å². The second-order valence-corrected chi connectivity index (χ2v) is 11.7. The molecule has 0 spiro atoms. The molecule has 0 aliphatic carbocycles. The molecule has 2 atom stereocenters. The molecule has 2 heterocycles. The van der Waals surface area contributed by atoms with E-state index < -0.39 is 0 Å². The van der Waals surface area contributed by atoms with Crippen LogP contribution in [0.1, 0.15) is 55.8 Å². The van der Waals surface area contributed by atoms with Crippen LogP contribution in [0.2, 0.25) is 0 Å². The first-order chi connectivity index (χ1) is 18.8. The SMILES string of the molecule is Cc1ccc(C(c2cccc3ccccc23)N2CCN(C(=O)CC3CCN(C(N)=O)CC3)C(C(C)C)C2)cc1. The van der Waals surface area contributed by atoms with Crippen molar-refractivity contribution in [3.05, 3.63) is 83.4 Å². The van der Waals surface area contributed by atoms with Gasteiger partial charge in [0, 0.05) is 45.2 Å². The number of hydrogen-bond acceptors (Lipinski definition) is 3. The second-order valence-electron chi connectivity index (χ2n) is 11.7. The summed E-state index contributed by atoms with van der Waals surface area (Å²) in [5, 5.41) is 2.54. The maximum absolute atomic E-state index is 13.6. The highest BCUT2D eigenvalue weighted by Gasteiger charge is 2.37. The lowest BCUT2D eigenvalue weighted by Gasteiger charge is -2.47. The zero-order valence-electron chi connectivity index (χ0n) is 23.6. The highest BCUT2D eigenvalue weighted by atomic mass is 16.2. The number of carbonyl (C=O) groups excluding carboxylic acids is 2. The summed E-state index contributed by atoms with van der Waals surface area (Å²) < 4.78 is 0. The van der Waals surface area contributed by atoms with Crippen molar-refractivity contribution in [2.75, 3.05) is 32.7 Å². The molecular formula is C33H42N4O2. The van der Waals surface area contributed by atoms with Crippen molar-refractivity contribution >= 4 is 22.7 Å². The van der Waals surface area contributed by atoms with Crippen molar-refractivity contribution < 1.29 is 9.59 Å². The number of urea groups is 1. The van der Waals surface area contributed by atoms with Gasteiger partial charge in [-0.1, -0.05) is 86.1 Å². The molecule has 2 N–H and O–H groups in total.